The Kier molecular flexibility index (Phi) is 4.16. The van der Waals surface area contributed by atoms with E-state index in [4.69, 9.17) is 28.9 Å². The number of benzene rings is 2. The molecule has 1 amide bonds. The zero-order valence-corrected chi connectivity index (χ0v) is 12.0. The van der Waals surface area contributed by atoms with Gasteiger partial charge in [0, 0.05) is 11.4 Å². The Morgan fingerprint density at radius 1 is 1.20 bits per heavy atom. The third-order valence-corrected chi connectivity index (χ3v) is 3.25. The maximum atomic E-state index is 13.3. The van der Waals surface area contributed by atoms with Crippen LogP contribution in [0, 0.1) is 12.7 Å². The molecule has 104 valence electrons. The molecule has 0 fully saturated rings. The number of nitrogens with one attached hydrogen (secondary N) is 1. The first-order chi connectivity index (χ1) is 9.38. The molecule has 2 rings (SSSR count). The van der Waals surface area contributed by atoms with Crippen molar-refractivity contribution in [1.82, 2.24) is 0 Å². The van der Waals surface area contributed by atoms with Crippen molar-refractivity contribution < 1.29 is 9.18 Å². The Hall–Kier alpha value is -1.78. The monoisotopic (exact) mass is 312 g/mol. The molecule has 0 aliphatic rings. The lowest BCUT2D eigenvalue weighted by Gasteiger charge is -2.09. The van der Waals surface area contributed by atoms with E-state index in [9.17, 15) is 9.18 Å². The number of amides is 1. The van der Waals surface area contributed by atoms with Gasteiger partial charge in [0.15, 0.2) is 5.82 Å². The molecule has 0 atom stereocenters. The molecule has 0 heterocycles. The fourth-order valence-corrected chi connectivity index (χ4v) is 2.18. The quantitative estimate of drug-likeness (QED) is 0.642. The Bertz CT molecular complexity index is 666. The highest BCUT2D eigenvalue weighted by atomic mass is 35.5. The van der Waals surface area contributed by atoms with Crippen LogP contribution < -0.4 is 11.1 Å². The highest BCUT2D eigenvalue weighted by molar-refractivity contribution is 6.35. The largest absolute Gasteiger partial charge is 0.398 e. The number of hydrogen-bond donors (Lipinski definition) is 2. The summed E-state index contributed by atoms with van der Waals surface area (Å²) in [6, 6.07) is 7.68. The van der Waals surface area contributed by atoms with Crippen molar-refractivity contribution in [2.45, 2.75) is 6.92 Å². The van der Waals surface area contributed by atoms with E-state index in [1.807, 2.05) is 6.92 Å². The first kappa shape index (κ1) is 14.6. The lowest BCUT2D eigenvalue weighted by atomic mass is 10.1. The van der Waals surface area contributed by atoms with Crippen LogP contribution >= 0.6 is 23.2 Å². The third kappa shape index (κ3) is 3.03. The molecule has 0 bridgehead atoms. The van der Waals surface area contributed by atoms with Crippen molar-refractivity contribution in [2.24, 2.45) is 0 Å². The summed E-state index contributed by atoms with van der Waals surface area (Å²) in [6.45, 7) is 1.85. The van der Waals surface area contributed by atoms with Gasteiger partial charge in [0.1, 0.15) is 0 Å². The fourth-order valence-electron chi connectivity index (χ4n) is 1.69. The van der Waals surface area contributed by atoms with Crippen molar-refractivity contribution >= 4 is 40.5 Å². The molecule has 0 aromatic heterocycles. The Morgan fingerprint density at radius 3 is 2.40 bits per heavy atom. The standard InChI is InChI=1S/C14H11Cl2FN2O/c1-7-2-3-12(18)9(4-7)14(20)19-8-5-10(15)13(17)11(16)6-8/h2-6H,18H2,1H3,(H,19,20). The summed E-state index contributed by atoms with van der Waals surface area (Å²) in [5.74, 6) is -1.13. The van der Waals surface area contributed by atoms with Crippen LogP contribution in [0.5, 0.6) is 0 Å². The minimum absolute atomic E-state index is 0.162. The van der Waals surface area contributed by atoms with Crippen LogP contribution in [0.2, 0.25) is 10.0 Å². The molecule has 0 aliphatic carbocycles. The van der Waals surface area contributed by atoms with Crippen molar-refractivity contribution in [2.75, 3.05) is 11.1 Å². The van der Waals surface area contributed by atoms with Crippen LogP contribution in [-0.4, -0.2) is 5.91 Å². The lowest BCUT2D eigenvalue weighted by molar-refractivity contribution is 0.102. The van der Waals surface area contributed by atoms with Crippen LogP contribution in [0.4, 0.5) is 15.8 Å². The highest BCUT2D eigenvalue weighted by Crippen LogP contribution is 2.28. The van der Waals surface area contributed by atoms with Crippen molar-refractivity contribution in [1.29, 1.82) is 0 Å². The van der Waals surface area contributed by atoms with E-state index in [1.54, 1.807) is 18.2 Å². The van der Waals surface area contributed by atoms with Crippen molar-refractivity contribution in [3.63, 3.8) is 0 Å². The normalized spacial score (nSPS) is 10.4. The summed E-state index contributed by atoms with van der Waals surface area (Å²) in [7, 11) is 0. The predicted molar refractivity (Wildman–Crippen MR) is 80.0 cm³/mol. The van der Waals surface area contributed by atoms with Crippen LogP contribution in [0.3, 0.4) is 0 Å². The topological polar surface area (TPSA) is 55.1 Å². The molecule has 6 heteroatoms. The fraction of sp³-hybridized carbons (Fsp3) is 0.0714. The second-order valence-corrected chi connectivity index (χ2v) is 5.11. The molecule has 0 unspecified atom stereocenters. The molecular weight excluding hydrogens is 302 g/mol. The maximum absolute atomic E-state index is 13.3. The smallest absolute Gasteiger partial charge is 0.257 e. The Balaban J connectivity index is 2.30. The summed E-state index contributed by atoms with van der Waals surface area (Å²) < 4.78 is 13.3. The molecule has 20 heavy (non-hydrogen) atoms. The molecule has 0 spiro atoms. The molecule has 3 nitrogen and oxygen atoms in total. The van der Waals surface area contributed by atoms with Crippen molar-refractivity contribution in [3.05, 3.63) is 57.3 Å². The number of nitrogens with two attached hydrogens (primary N) is 1. The average Bonchev–Trinajstić information content (AvgIpc) is 2.38. The van der Waals surface area contributed by atoms with Gasteiger partial charge in [0.2, 0.25) is 0 Å². The molecule has 3 N–H and O–H groups in total. The number of nitrogen functional groups attached to an aromatic ring is 1. The number of carbonyl (C=O) groups is 1. The molecule has 0 radical (unpaired) electrons. The molecule has 0 aliphatic heterocycles. The Morgan fingerprint density at radius 2 is 1.80 bits per heavy atom. The van der Waals surface area contributed by atoms with E-state index in [2.05, 4.69) is 5.32 Å². The summed E-state index contributed by atoms with van der Waals surface area (Å²) in [6.07, 6.45) is 0. The second-order valence-electron chi connectivity index (χ2n) is 4.30. The van der Waals surface area contributed by atoms with Gasteiger partial charge < -0.3 is 11.1 Å². The van der Waals surface area contributed by atoms with Crippen LogP contribution in [0.15, 0.2) is 30.3 Å². The number of hydrogen-bond acceptors (Lipinski definition) is 2. The maximum Gasteiger partial charge on any atom is 0.257 e. The minimum Gasteiger partial charge on any atom is -0.398 e. The van der Waals surface area contributed by atoms with Crippen LogP contribution in [-0.2, 0) is 0 Å². The molecular formula is C14H11Cl2FN2O. The Labute approximate surface area is 125 Å². The van der Waals surface area contributed by atoms with Gasteiger partial charge in [-0.25, -0.2) is 4.39 Å². The first-order valence-electron chi connectivity index (χ1n) is 5.70. The summed E-state index contributed by atoms with van der Waals surface area (Å²) >= 11 is 11.3. The van der Waals surface area contributed by atoms with E-state index in [0.29, 0.717) is 16.9 Å². The SMILES string of the molecule is Cc1ccc(N)c(C(=O)Nc2cc(Cl)c(F)c(Cl)c2)c1. The number of anilines is 2. The van der Waals surface area contributed by atoms with Crippen molar-refractivity contribution in [3.8, 4) is 0 Å². The van der Waals surface area contributed by atoms with Gasteiger partial charge in [0.25, 0.3) is 5.91 Å². The van der Waals surface area contributed by atoms with Gasteiger partial charge in [-0.05, 0) is 31.2 Å². The number of halogens is 3. The van der Waals surface area contributed by atoms with Gasteiger partial charge in [-0.1, -0.05) is 34.8 Å². The van der Waals surface area contributed by atoms with Gasteiger partial charge in [-0.15, -0.1) is 0 Å². The van der Waals surface area contributed by atoms with Crippen LogP contribution in [0.25, 0.3) is 0 Å². The van der Waals surface area contributed by atoms with Gasteiger partial charge in [-0.3, -0.25) is 4.79 Å². The molecule has 2 aromatic rings. The van der Waals surface area contributed by atoms with E-state index in [-0.39, 0.29) is 10.0 Å². The van der Waals surface area contributed by atoms with Gasteiger partial charge >= 0.3 is 0 Å². The van der Waals surface area contributed by atoms with E-state index in [0.717, 1.165) is 5.56 Å². The zero-order chi connectivity index (χ0) is 14.9. The van der Waals surface area contributed by atoms with E-state index >= 15 is 0 Å². The summed E-state index contributed by atoms with van der Waals surface area (Å²) in [4.78, 5) is 12.1. The number of carbonyl (C=O) groups excluding carboxylic acids is 1. The second kappa shape index (κ2) is 5.69. The van der Waals surface area contributed by atoms with E-state index in [1.165, 1.54) is 12.1 Å². The first-order valence-corrected chi connectivity index (χ1v) is 6.46. The third-order valence-electron chi connectivity index (χ3n) is 2.70. The molecule has 0 saturated carbocycles. The highest BCUT2D eigenvalue weighted by Gasteiger charge is 2.13. The molecule has 2 aromatic carbocycles. The summed E-state index contributed by atoms with van der Waals surface area (Å²) in [5.41, 5.74) is 7.64. The van der Waals surface area contributed by atoms with Gasteiger partial charge in [0.05, 0.1) is 15.6 Å². The van der Waals surface area contributed by atoms with Gasteiger partial charge in [-0.2, -0.15) is 0 Å². The van der Waals surface area contributed by atoms with E-state index < -0.39 is 11.7 Å². The lowest BCUT2D eigenvalue weighted by Crippen LogP contribution is -2.14. The summed E-state index contributed by atoms with van der Waals surface area (Å²) in [5, 5.41) is 2.26. The molecule has 0 saturated heterocycles. The number of aryl methyl sites for hydroxylation is 1. The average molecular weight is 313 g/mol. The minimum atomic E-state index is -0.721. The number of rotatable bonds is 2. The van der Waals surface area contributed by atoms with Crippen LogP contribution in [0.1, 0.15) is 15.9 Å². The zero-order valence-electron chi connectivity index (χ0n) is 10.5. The predicted octanol–water partition coefficient (Wildman–Crippen LogP) is 4.28.